The average Bonchev–Trinajstić information content (AvgIpc) is 3.30. The first-order chi connectivity index (χ1) is 13.6. The van der Waals surface area contributed by atoms with Crippen molar-refractivity contribution in [2.24, 2.45) is 5.92 Å². The number of esters is 1. The zero-order valence-electron chi connectivity index (χ0n) is 15.4. The van der Waals surface area contributed by atoms with Crippen LogP contribution in [0.3, 0.4) is 0 Å². The minimum Gasteiger partial charge on any atom is -0.452 e. The number of rotatable bonds is 5. The van der Waals surface area contributed by atoms with E-state index in [0.29, 0.717) is 40.0 Å². The van der Waals surface area contributed by atoms with Crippen LogP contribution in [0.1, 0.15) is 54.4 Å². The summed E-state index contributed by atoms with van der Waals surface area (Å²) in [5.41, 5.74) is 1.16. The second kappa shape index (κ2) is 8.19. The zero-order chi connectivity index (χ0) is 19.5. The second-order valence-corrected chi connectivity index (χ2v) is 7.69. The van der Waals surface area contributed by atoms with E-state index in [1.807, 2.05) is 18.2 Å². The zero-order valence-corrected chi connectivity index (χ0v) is 16.2. The van der Waals surface area contributed by atoms with E-state index < -0.39 is 0 Å². The average molecular weight is 397 g/mol. The maximum atomic E-state index is 12.6. The Balaban J connectivity index is 1.43. The Hall–Kier alpha value is -2.59. The highest BCUT2D eigenvalue weighted by atomic mass is 35.5. The molecular formula is C23H21ClO4. The van der Waals surface area contributed by atoms with Gasteiger partial charge >= 0.3 is 5.97 Å². The first-order valence-corrected chi connectivity index (χ1v) is 10.0. The molecule has 0 amide bonds. The molecule has 4 rings (SSSR count). The molecule has 0 unspecified atom stereocenters. The van der Waals surface area contributed by atoms with Crippen LogP contribution in [0, 0.1) is 5.92 Å². The van der Waals surface area contributed by atoms with Gasteiger partial charge < -0.3 is 9.47 Å². The summed E-state index contributed by atoms with van der Waals surface area (Å²) in [4.78, 5) is 24.7. The maximum absolute atomic E-state index is 12.6. The van der Waals surface area contributed by atoms with Gasteiger partial charge in [0, 0.05) is 17.5 Å². The first-order valence-electron chi connectivity index (χ1n) is 9.63. The summed E-state index contributed by atoms with van der Waals surface area (Å²) in [5.74, 6) is 1.17. The molecule has 2 aromatic rings. The van der Waals surface area contributed by atoms with Crippen molar-refractivity contribution >= 4 is 29.4 Å². The topological polar surface area (TPSA) is 52.6 Å². The quantitative estimate of drug-likeness (QED) is 0.362. The van der Waals surface area contributed by atoms with E-state index >= 15 is 0 Å². The van der Waals surface area contributed by atoms with E-state index in [1.165, 1.54) is 25.7 Å². The molecule has 2 aromatic carbocycles. The fourth-order valence-corrected chi connectivity index (χ4v) is 3.96. The molecule has 0 aromatic heterocycles. The molecule has 1 heterocycles. The molecule has 1 fully saturated rings. The number of fused-ring (bicyclic) bond motifs is 1. The molecule has 28 heavy (non-hydrogen) atoms. The van der Waals surface area contributed by atoms with Crippen LogP contribution in [0.15, 0.2) is 48.2 Å². The number of Topliss-reactive ketones (excluding diaryl/α,β-unsaturated/α-hetero) is 1. The predicted molar refractivity (Wildman–Crippen MR) is 108 cm³/mol. The van der Waals surface area contributed by atoms with Crippen LogP contribution in [-0.2, 0) is 4.79 Å². The van der Waals surface area contributed by atoms with Crippen LogP contribution in [0.2, 0.25) is 5.02 Å². The SMILES string of the molecule is O=C(CCC1CCCC1)Oc1ccc2c(c1)OC(=Cc1ccccc1Cl)C2=O. The van der Waals surface area contributed by atoms with E-state index in [9.17, 15) is 9.59 Å². The molecule has 1 aliphatic carbocycles. The van der Waals surface area contributed by atoms with Gasteiger partial charge in [-0.1, -0.05) is 55.5 Å². The molecule has 1 aliphatic heterocycles. The van der Waals surface area contributed by atoms with Crippen molar-refractivity contribution in [2.75, 3.05) is 0 Å². The van der Waals surface area contributed by atoms with Crippen molar-refractivity contribution < 1.29 is 19.1 Å². The normalized spacial score (nSPS) is 17.6. The highest BCUT2D eigenvalue weighted by Gasteiger charge is 2.28. The second-order valence-electron chi connectivity index (χ2n) is 7.28. The molecule has 0 atom stereocenters. The summed E-state index contributed by atoms with van der Waals surface area (Å²) in [6.07, 6.45) is 7.87. The van der Waals surface area contributed by atoms with Crippen molar-refractivity contribution in [3.63, 3.8) is 0 Å². The van der Waals surface area contributed by atoms with Crippen molar-refractivity contribution in [2.45, 2.75) is 38.5 Å². The Morgan fingerprint density at radius 2 is 1.96 bits per heavy atom. The van der Waals surface area contributed by atoms with Crippen LogP contribution in [0.4, 0.5) is 0 Å². The number of allylic oxidation sites excluding steroid dienone is 1. The third-order valence-electron chi connectivity index (χ3n) is 5.30. The summed E-state index contributed by atoms with van der Waals surface area (Å²) < 4.78 is 11.1. The molecule has 0 bridgehead atoms. The molecule has 1 saturated carbocycles. The molecule has 2 aliphatic rings. The number of ether oxygens (including phenoxy) is 2. The lowest BCUT2D eigenvalue weighted by atomic mass is 10.0. The minimum absolute atomic E-state index is 0.202. The summed E-state index contributed by atoms with van der Waals surface area (Å²) in [7, 11) is 0. The fraction of sp³-hybridized carbons (Fsp3) is 0.304. The van der Waals surface area contributed by atoms with Gasteiger partial charge in [0.2, 0.25) is 5.78 Å². The van der Waals surface area contributed by atoms with E-state index in [1.54, 1.807) is 30.3 Å². The van der Waals surface area contributed by atoms with Crippen LogP contribution < -0.4 is 9.47 Å². The van der Waals surface area contributed by atoms with Crippen LogP contribution in [0.5, 0.6) is 11.5 Å². The third kappa shape index (κ3) is 4.12. The monoisotopic (exact) mass is 396 g/mol. The number of ketones is 1. The summed E-state index contributed by atoms with van der Waals surface area (Å²) >= 11 is 6.15. The van der Waals surface area contributed by atoms with Crippen LogP contribution in [0.25, 0.3) is 6.08 Å². The van der Waals surface area contributed by atoms with E-state index in [0.717, 1.165) is 6.42 Å². The smallest absolute Gasteiger partial charge is 0.311 e. The van der Waals surface area contributed by atoms with Crippen molar-refractivity contribution in [1.29, 1.82) is 0 Å². The standard InChI is InChI=1S/C23H21ClO4/c24-19-8-4-3-7-16(19)13-21-23(26)18-11-10-17(14-20(18)28-21)27-22(25)12-9-15-5-1-2-6-15/h3-4,7-8,10-11,13-15H,1-2,5-6,9,12H2. The number of halogens is 1. The van der Waals surface area contributed by atoms with Gasteiger partial charge in [-0.25, -0.2) is 0 Å². The van der Waals surface area contributed by atoms with E-state index in [-0.39, 0.29) is 17.5 Å². The van der Waals surface area contributed by atoms with Gasteiger partial charge in [0.15, 0.2) is 5.76 Å². The lowest BCUT2D eigenvalue weighted by Crippen LogP contribution is -2.09. The molecule has 5 heteroatoms. The Morgan fingerprint density at radius 3 is 2.75 bits per heavy atom. The van der Waals surface area contributed by atoms with Crippen molar-refractivity contribution in [3.8, 4) is 11.5 Å². The number of carbonyl (C=O) groups excluding carboxylic acids is 2. The van der Waals surface area contributed by atoms with Crippen molar-refractivity contribution in [3.05, 3.63) is 64.4 Å². The van der Waals surface area contributed by atoms with Gasteiger partial charge in [0.1, 0.15) is 11.5 Å². The van der Waals surface area contributed by atoms with Crippen LogP contribution in [-0.4, -0.2) is 11.8 Å². The van der Waals surface area contributed by atoms with E-state index in [2.05, 4.69) is 0 Å². The Kier molecular flexibility index (Phi) is 5.49. The minimum atomic E-state index is -0.247. The van der Waals surface area contributed by atoms with Gasteiger partial charge in [0.25, 0.3) is 0 Å². The molecule has 4 nitrogen and oxygen atoms in total. The summed E-state index contributed by atoms with van der Waals surface area (Å²) in [6, 6.07) is 12.1. The molecular weight excluding hydrogens is 376 g/mol. The number of carbonyl (C=O) groups is 2. The maximum Gasteiger partial charge on any atom is 0.311 e. The lowest BCUT2D eigenvalue weighted by molar-refractivity contribution is -0.134. The molecule has 144 valence electrons. The number of benzene rings is 2. The summed E-state index contributed by atoms with van der Waals surface area (Å²) in [5, 5.41) is 0.541. The Labute approximate surface area is 169 Å². The lowest BCUT2D eigenvalue weighted by Gasteiger charge is -2.09. The van der Waals surface area contributed by atoms with E-state index in [4.69, 9.17) is 21.1 Å². The molecule has 0 spiro atoms. The summed E-state index contributed by atoms with van der Waals surface area (Å²) in [6.45, 7) is 0. The van der Waals surface area contributed by atoms with Gasteiger partial charge in [-0.05, 0) is 42.2 Å². The van der Waals surface area contributed by atoms with Gasteiger partial charge in [-0.15, -0.1) is 0 Å². The predicted octanol–water partition coefficient (Wildman–Crippen LogP) is 5.83. The van der Waals surface area contributed by atoms with Gasteiger partial charge in [0.05, 0.1) is 5.56 Å². The molecule has 0 N–H and O–H groups in total. The molecule has 0 saturated heterocycles. The first kappa shape index (κ1) is 18.8. The van der Waals surface area contributed by atoms with Crippen LogP contribution >= 0.6 is 11.6 Å². The highest BCUT2D eigenvalue weighted by Crippen LogP contribution is 2.36. The Morgan fingerprint density at radius 1 is 1.18 bits per heavy atom. The third-order valence-corrected chi connectivity index (χ3v) is 5.64. The van der Waals surface area contributed by atoms with Gasteiger partial charge in [-0.3, -0.25) is 9.59 Å². The highest BCUT2D eigenvalue weighted by molar-refractivity contribution is 6.32. The number of hydrogen-bond donors (Lipinski definition) is 0. The fourth-order valence-electron chi connectivity index (χ4n) is 3.77. The number of hydrogen-bond acceptors (Lipinski definition) is 4. The largest absolute Gasteiger partial charge is 0.452 e. The van der Waals surface area contributed by atoms with Crippen molar-refractivity contribution in [1.82, 2.24) is 0 Å². The van der Waals surface area contributed by atoms with Gasteiger partial charge in [-0.2, -0.15) is 0 Å². The Bertz CT molecular complexity index is 941. The molecule has 0 radical (unpaired) electrons.